The molecule has 190 valence electrons. The number of nitrogens with zero attached hydrogens (tertiary/aromatic N) is 1. The van der Waals surface area contributed by atoms with Crippen LogP contribution in [0.5, 0.6) is 5.75 Å². The SMILES string of the molecule is CCCNC(=O)C(Cc1ccccc1)N(Cc1ccccc1C)C(=O)COc1ccc(CC)cc1Br. The monoisotopic (exact) mass is 550 g/mol. The largest absolute Gasteiger partial charge is 0.483 e. The van der Waals surface area contributed by atoms with Crippen LogP contribution in [0.15, 0.2) is 77.3 Å². The molecular weight excluding hydrogens is 516 g/mol. The molecule has 0 fully saturated rings. The summed E-state index contributed by atoms with van der Waals surface area (Å²) in [6.07, 6.45) is 2.15. The summed E-state index contributed by atoms with van der Waals surface area (Å²) < 4.78 is 6.75. The van der Waals surface area contributed by atoms with Gasteiger partial charge in [0.15, 0.2) is 6.61 Å². The smallest absolute Gasteiger partial charge is 0.261 e. The molecule has 0 saturated heterocycles. The maximum Gasteiger partial charge on any atom is 0.261 e. The summed E-state index contributed by atoms with van der Waals surface area (Å²) in [5.41, 5.74) is 4.25. The predicted molar refractivity (Wildman–Crippen MR) is 148 cm³/mol. The fraction of sp³-hybridized carbons (Fsp3) is 0.333. The minimum atomic E-state index is -0.666. The Morgan fingerprint density at radius 3 is 2.36 bits per heavy atom. The normalized spacial score (nSPS) is 11.6. The van der Waals surface area contributed by atoms with Gasteiger partial charge in [-0.05, 0) is 70.1 Å². The summed E-state index contributed by atoms with van der Waals surface area (Å²) in [7, 11) is 0. The van der Waals surface area contributed by atoms with Crippen LogP contribution in [-0.2, 0) is 29.0 Å². The number of carbonyl (C=O) groups is 2. The fourth-order valence-corrected chi connectivity index (χ4v) is 4.54. The first kappa shape index (κ1) is 27.5. The van der Waals surface area contributed by atoms with Crippen molar-refractivity contribution in [3.63, 3.8) is 0 Å². The molecule has 0 aliphatic carbocycles. The van der Waals surface area contributed by atoms with Gasteiger partial charge in [0.05, 0.1) is 4.47 Å². The maximum absolute atomic E-state index is 13.7. The van der Waals surface area contributed by atoms with Crippen molar-refractivity contribution < 1.29 is 14.3 Å². The van der Waals surface area contributed by atoms with Crippen LogP contribution >= 0.6 is 15.9 Å². The van der Waals surface area contributed by atoms with Crippen molar-refractivity contribution in [2.24, 2.45) is 0 Å². The standard InChI is InChI=1S/C30H35BrN2O3/c1-4-17-32-30(35)27(19-24-12-7-6-8-13-24)33(20-25-14-10-9-11-22(25)3)29(34)21-36-28-16-15-23(5-2)18-26(28)31/h6-16,18,27H,4-5,17,19-21H2,1-3H3,(H,32,35). The molecule has 0 aromatic heterocycles. The van der Waals surface area contributed by atoms with E-state index < -0.39 is 6.04 Å². The van der Waals surface area contributed by atoms with Crippen molar-refractivity contribution >= 4 is 27.7 Å². The van der Waals surface area contributed by atoms with Gasteiger partial charge >= 0.3 is 0 Å². The van der Waals surface area contributed by atoms with E-state index in [0.29, 0.717) is 25.3 Å². The van der Waals surface area contributed by atoms with Crippen LogP contribution in [0.1, 0.15) is 42.5 Å². The van der Waals surface area contributed by atoms with Crippen molar-refractivity contribution in [3.05, 3.63) is 99.5 Å². The van der Waals surface area contributed by atoms with Crippen LogP contribution in [0.2, 0.25) is 0 Å². The summed E-state index contributed by atoms with van der Waals surface area (Å²) in [6, 6.07) is 23.0. The molecular formula is C30H35BrN2O3. The molecule has 0 saturated carbocycles. The Hall–Kier alpha value is -3.12. The number of halogens is 1. The van der Waals surface area contributed by atoms with Crippen LogP contribution in [0.25, 0.3) is 0 Å². The van der Waals surface area contributed by atoms with Gasteiger partial charge in [-0.3, -0.25) is 9.59 Å². The Labute approximate surface area is 223 Å². The molecule has 0 bridgehead atoms. The van der Waals surface area contributed by atoms with Crippen LogP contribution in [-0.4, -0.2) is 35.9 Å². The van der Waals surface area contributed by atoms with Gasteiger partial charge in [-0.2, -0.15) is 0 Å². The zero-order valence-corrected chi connectivity index (χ0v) is 22.9. The minimum absolute atomic E-state index is 0.156. The lowest BCUT2D eigenvalue weighted by molar-refractivity contribution is -0.142. The lowest BCUT2D eigenvalue weighted by atomic mass is 10.0. The van der Waals surface area contributed by atoms with E-state index in [1.165, 1.54) is 5.56 Å². The predicted octanol–water partition coefficient (Wildman–Crippen LogP) is 5.87. The van der Waals surface area contributed by atoms with Crippen molar-refractivity contribution in [2.45, 2.75) is 52.6 Å². The van der Waals surface area contributed by atoms with Gasteiger partial charge in [0.1, 0.15) is 11.8 Å². The van der Waals surface area contributed by atoms with E-state index in [-0.39, 0.29) is 18.4 Å². The number of nitrogens with one attached hydrogen (secondary N) is 1. The Balaban J connectivity index is 1.90. The van der Waals surface area contributed by atoms with E-state index in [9.17, 15) is 9.59 Å². The molecule has 5 nitrogen and oxygen atoms in total. The zero-order chi connectivity index (χ0) is 25.9. The lowest BCUT2D eigenvalue weighted by Crippen LogP contribution is -2.51. The van der Waals surface area contributed by atoms with E-state index in [1.54, 1.807) is 4.90 Å². The second-order valence-corrected chi connectivity index (χ2v) is 9.71. The molecule has 0 aliphatic heterocycles. The molecule has 1 unspecified atom stereocenters. The Morgan fingerprint density at radius 1 is 0.972 bits per heavy atom. The van der Waals surface area contributed by atoms with Gasteiger partial charge in [0, 0.05) is 19.5 Å². The number of carbonyl (C=O) groups excluding carboxylic acids is 2. The minimum Gasteiger partial charge on any atom is -0.483 e. The van der Waals surface area contributed by atoms with E-state index in [2.05, 4.69) is 28.2 Å². The number of ether oxygens (including phenoxy) is 1. The average molecular weight is 552 g/mol. The van der Waals surface area contributed by atoms with Gasteiger partial charge in [-0.25, -0.2) is 0 Å². The van der Waals surface area contributed by atoms with Gasteiger partial charge in [-0.15, -0.1) is 0 Å². The highest BCUT2D eigenvalue weighted by Crippen LogP contribution is 2.26. The van der Waals surface area contributed by atoms with Crippen molar-refractivity contribution in [2.75, 3.05) is 13.2 Å². The lowest BCUT2D eigenvalue weighted by Gasteiger charge is -2.32. The molecule has 1 atom stereocenters. The Morgan fingerprint density at radius 2 is 1.69 bits per heavy atom. The average Bonchev–Trinajstić information content (AvgIpc) is 2.89. The van der Waals surface area contributed by atoms with Crippen molar-refractivity contribution in [1.82, 2.24) is 10.2 Å². The molecule has 0 spiro atoms. The van der Waals surface area contributed by atoms with Crippen molar-refractivity contribution in [3.8, 4) is 5.75 Å². The summed E-state index contributed by atoms with van der Waals surface area (Å²) >= 11 is 3.55. The second kappa shape index (κ2) is 13.8. The highest BCUT2D eigenvalue weighted by Gasteiger charge is 2.31. The molecule has 36 heavy (non-hydrogen) atoms. The first-order valence-electron chi connectivity index (χ1n) is 12.5. The quantitative estimate of drug-likeness (QED) is 0.307. The molecule has 6 heteroatoms. The Kier molecular flexibility index (Phi) is 10.6. The molecule has 1 N–H and O–H groups in total. The number of hydrogen-bond acceptors (Lipinski definition) is 3. The number of aryl methyl sites for hydroxylation is 2. The van der Waals surface area contributed by atoms with Gasteiger partial charge in [0.2, 0.25) is 5.91 Å². The van der Waals surface area contributed by atoms with E-state index in [4.69, 9.17) is 4.74 Å². The first-order valence-corrected chi connectivity index (χ1v) is 13.3. The number of amides is 2. The van der Waals surface area contributed by atoms with Gasteiger partial charge < -0.3 is 15.0 Å². The number of benzene rings is 3. The topological polar surface area (TPSA) is 58.6 Å². The number of hydrogen-bond donors (Lipinski definition) is 1. The molecule has 3 aromatic carbocycles. The maximum atomic E-state index is 13.7. The molecule has 0 radical (unpaired) electrons. The summed E-state index contributed by atoms with van der Waals surface area (Å²) in [5.74, 6) is 0.208. The summed E-state index contributed by atoms with van der Waals surface area (Å²) in [5, 5.41) is 3.00. The number of rotatable bonds is 12. The zero-order valence-electron chi connectivity index (χ0n) is 21.3. The summed E-state index contributed by atoms with van der Waals surface area (Å²) in [4.78, 5) is 28.7. The van der Waals surface area contributed by atoms with Gasteiger partial charge in [0.25, 0.3) is 5.91 Å². The molecule has 2 amide bonds. The van der Waals surface area contributed by atoms with Crippen LogP contribution in [0, 0.1) is 6.92 Å². The third-order valence-electron chi connectivity index (χ3n) is 6.18. The van der Waals surface area contributed by atoms with Crippen LogP contribution in [0.4, 0.5) is 0 Å². The van der Waals surface area contributed by atoms with Crippen LogP contribution in [0.3, 0.4) is 0 Å². The van der Waals surface area contributed by atoms with E-state index >= 15 is 0 Å². The van der Waals surface area contributed by atoms with Crippen molar-refractivity contribution in [1.29, 1.82) is 0 Å². The highest BCUT2D eigenvalue weighted by atomic mass is 79.9. The van der Waals surface area contributed by atoms with Gasteiger partial charge in [-0.1, -0.05) is 74.5 Å². The molecule has 0 aliphatic rings. The van der Waals surface area contributed by atoms with E-state index in [0.717, 1.165) is 34.0 Å². The Bertz CT molecular complexity index is 1150. The third-order valence-corrected chi connectivity index (χ3v) is 6.80. The molecule has 3 rings (SSSR count). The van der Waals surface area contributed by atoms with Crippen LogP contribution < -0.4 is 10.1 Å². The fourth-order valence-electron chi connectivity index (χ4n) is 3.99. The first-order chi connectivity index (χ1) is 17.4. The second-order valence-electron chi connectivity index (χ2n) is 8.85. The molecule has 0 heterocycles. The highest BCUT2D eigenvalue weighted by molar-refractivity contribution is 9.10. The third kappa shape index (κ3) is 7.69. The summed E-state index contributed by atoms with van der Waals surface area (Å²) in [6.45, 7) is 6.84. The molecule has 3 aromatic rings. The van der Waals surface area contributed by atoms with E-state index in [1.807, 2.05) is 86.6 Å².